The third kappa shape index (κ3) is 5.02. The number of amides is 1. The van der Waals surface area contributed by atoms with Gasteiger partial charge in [-0.2, -0.15) is 0 Å². The van der Waals surface area contributed by atoms with Crippen molar-refractivity contribution in [3.05, 3.63) is 28.2 Å². The summed E-state index contributed by atoms with van der Waals surface area (Å²) in [5.41, 5.74) is 0. The average molecular weight is 374 g/mol. The summed E-state index contributed by atoms with van der Waals surface area (Å²) in [4.78, 5) is 23.5. The molecule has 0 radical (unpaired) electrons. The number of ether oxygens (including phenoxy) is 1. The van der Waals surface area contributed by atoms with Crippen molar-refractivity contribution in [2.45, 2.75) is 38.7 Å². The first kappa shape index (κ1) is 18.9. The van der Waals surface area contributed by atoms with Crippen LogP contribution in [0.5, 0.6) is 5.75 Å². The molecule has 1 saturated carbocycles. The second-order valence-corrected chi connectivity index (χ2v) is 6.91. The molecule has 132 valence electrons. The summed E-state index contributed by atoms with van der Waals surface area (Å²) in [6.07, 6.45) is 2.67. The first-order valence-electron chi connectivity index (χ1n) is 8.00. The van der Waals surface area contributed by atoms with Gasteiger partial charge in [-0.05, 0) is 43.9 Å². The lowest BCUT2D eigenvalue weighted by atomic mass is 9.79. The zero-order valence-corrected chi connectivity index (χ0v) is 14.9. The van der Waals surface area contributed by atoms with Crippen molar-refractivity contribution in [3.63, 3.8) is 0 Å². The summed E-state index contributed by atoms with van der Waals surface area (Å²) in [6.45, 7) is 1.97. The molecule has 2 N–H and O–H groups in total. The molecule has 0 heterocycles. The van der Waals surface area contributed by atoms with E-state index in [0.717, 1.165) is 19.3 Å². The molecule has 0 saturated heterocycles. The molecular formula is C17H21Cl2NO4. The second-order valence-electron chi connectivity index (χ2n) is 6.07. The Morgan fingerprint density at radius 2 is 2.04 bits per heavy atom. The van der Waals surface area contributed by atoms with Gasteiger partial charge in [0.25, 0.3) is 5.91 Å². The first-order chi connectivity index (χ1) is 11.4. The van der Waals surface area contributed by atoms with Crippen LogP contribution < -0.4 is 10.1 Å². The molecule has 3 atom stereocenters. The highest BCUT2D eigenvalue weighted by Gasteiger charge is 2.31. The summed E-state index contributed by atoms with van der Waals surface area (Å²) in [5.74, 6) is -1.13. The van der Waals surface area contributed by atoms with Gasteiger partial charge in [-0.3, -0.25) is 9.59 Å². The molecule has 1 fully saturated rings. The van der Waals surface area contributed by atoms with Gasteiger partial charge in [-0.1, -0.05) is 36.0 Å². The van der Waals surface area contributed by atoms with Crippen LogP contribution in [-0.4, -0.2) is 29.6 Å². The van der Waals surface area contributed by atoms with E-state index in [1.807, 2.05) is 0 Å². The van der Waals surface area contributed by atoms with E-state index >= 15 is 0 Å². The number of rotatable bonds is 6. The Bertz CT molecular complexity index is 608. The number of carbonyl (C=O) groups is 2. The highest BCUT2D eigenvalue weighted by molar-refractivity contribution is 6.35. The van der Waals surface area contributed by atoms with Crippen LogP contribution in [-0.2, 0) is 9.59 Å². The molecule has 7 heteroatoms. The van der Waals surface area contributed by atoms with E-state index < -0.39 is 12.1 Å². The fourth-order valence-electron chi connectivity index (χ4n) is 2.97. The Labute approximate surface area is 151 Å². The zero-order valence-electron chi connectivity index (χ0n) is 13.4. The summed E-state index contributed by atoms with van der Waals surface area (Å²) < 4.78 is 5.56. The SMILES string of the molecule is CC(Oc1ccc(Cl)cc1Cl)C(=O)NC[C@@H]1CCCC[C@@H]1C(=O)O. The number of aliphatic carboxylic acids is 1. The van der Waals surface area contributed by atoms with E-state index in [9.17, 15) is 14.7 Å². The molecule has 1 amide bonds. The van der Waals surface area contributed by atoms with E-state index in [2.05, 4.69) is 5.32 Å². The molecule has 2 rings (SSSR count). The number of nitrogens with one attached hydrogen (secondary N) is 1. The number of halogens is 2. The zero-order chi connectivity index (χ0) is 17.7. The third-order valence-corrected chi connectivity index (χ3v) is 4.86. The minimum Gasteiger partial charge on any atom is -0.481 e. The quantitative estimate of drug-likeness (QED) is 0.795. The maximum atomic E-state index is 12.2. The second kappa shape index (κ2) is 8.58. The van der Waals surface area contributed by atoms with Crippen molar-refractivity contribution in [1.29, 1.82) is 0 Å². The van der Waals surface area contributed by atoms with Gasteiger partial charge in [-0.15, -0.1) is 0 Å². The number of carboxylic acids is 1. The highest BCUT2D eigenvalue weighted by atomic mass is 35.5. The fraction of sp³-hybridized carbons (Fsp3) is 0.529. The molecule has 1 aromatic carbocycles. The number of benzene rings is 1. The van der Waals surface area contributed by atoms with Gasteiger partial charge in [0.1, 0.15) is 5.75 Å². The van der Waals surface area contributed by atoms with Crippen molar-refractivity contribution >= 4 is 35.1 Å². The molecule has 1 aromatic rings. The van der Waals surface area contributed by atoms with Crippen molar-refractivity contribution in [3.8, 4) is 5.75 Å². The van der Waals surface area contributed by atoms with Crippen molar-refractivity contribution in [1.82, 2.24) is 5.32 Å². The van der Waals surface area contributed by atoms with Crippen LogP contribution in [0.25, 0.3) is 0 Å². The lowest BCUT2D eigenvalue weighted by molar-refractivity contribution is -0.145. The van der Waals surface area contributed by atoms with Crippen LogP contribution in [0.2, 0.25) is 10.0 Å². The molecule has 0 bridgehead atoms. The predicted molar refractivity (Wildman–Crippen MR) is 92.6 cm³/mol. The van der Waals surface area contributed by atoms with Crippen molar-refractivity contribution < 1.29 is 19.4 Å². The normalized spacial score (nSPS) is 21.8. The van der Waals surface area contributed by atoms with E-state index in [1.54, 1.807) is 25.1 Å². The van der Waals surface area contributed by atoms with Gasteiger partial charge >= 0.3 is 5.97 Å². The van der Waals surface area contributed by atoms with Gasteiger partial charge in [0, 0.05) is 11.6 Å². The molecular weight excluding hydrogens is 353 g/mol. The standard InChI is InChI=1S/C17H21Cl2NO4/c1-10(24-15-7-6-12(18)8-14(15)19)16(21)20-9-11-4-2-3-5-13(11)17(22)23/h6-8,10-11,13H,2-5,9H2,1H3,(H,20,21)(H,22,23)/t10?,11-,13-/m0/s1. The molecule has 1 unspecified atom stereocenters. The Hall–Kier alpha value is -1.46. The van der Waals surface area contributed by atoms with Crippen LogP contribution in [0.1, 0.15) is 32.6 Å². The average Bonchev–Trinajstić information content (AvgIpc) is 2.55. The predicted octanol–water partition coefficient (Wildman–Crippen LogP) is 3.77. The Morgan fingerprint density at radius 1 is 1.33 bits per heavy atom. The van der Waals surface area contributed by atoms with Gasteiger partial charge in [0.05, 0.1) is 10.9 Å². The van der Waals surface area contributed by atoms with Gasteiger partial charge in [0.2, 0.25) is 0 Å². The lowest BCUT2D eigenvalue weighted by Crippen LogP contribution is -2.42. The molecule has 5 nitrogen and oxygen atoms in total. The summed E-state index contributed by atoms with van der Waals surface area (Å²) in [6, 6.07) is 4.78. The topological polar surface area (TPSA) is 75.6 Å². The summed E-state index contributed by atoms with van der Waals surface area (Å²) in [7, 11) is 0. The first-order valence-corrected chi connectivity index (χ1v) is 8.76. The number of hydrogen-bond donors (Lipinski definition) is 2. The Balaban J connectivity index is 1.88. The highest BCUT2D eigenvalue weighted by Crippen LogP contribution is 2.30. The molecule has 0 aliphatic heterocycles. The molecule has 1 aliphatic rings. The van der Waals surface area contributed by atoms with Crippen LogP contribution in [0, 0.1) is 11.8 Å². The van der Waals surface area contributed by atoms with Gasteiger partial charge < -0.3 is 15.2 Å². The lowest BCUT2D eigenvalue weighted by Gasteiger charge is -2.29. The summed E-state index contributed by atoms with van der Waals surface area (Å²) >= 11 is 11.8. The van der Waals surface area contributed by atoms with E-state index in [-0.39, 0.29) is 17.7 Å². The minimum atomic E-state index is -0.786. The van der Waals surface area contributed by atoms with Crippen molar-refractivity contribution in [2.24, 2.45) is 11.8 Å². The maximum absolute atomic E-state index is 12.2. The maximum Gasteiger partial charge on any atom is 0.306 e. The Kier molecular flexibility index (Phi) is 6.75. The van der Waals surface area contributed by atoms with Crippen LogP contribution in [0.15, 0.2) is 18.2 Å². The largest absolute Gasteiger partial charge is 0.481 e. The van der Waals surface area contributed by atoms with E-state index in [1.165, 1.54) is 0 Å². The van der Waals surface area contributed by atoms with Crippen LogP contribution >= 0.6 is 23.2 Å². The number of carbonyl (C=O) groups excluding carboxylic acids is 1. The number of carboxylic acid groups (broad SMARTS) is 1. The Morgan fingerprint density at radius 3 is 2.71 bits per heavy atom. The fourth-order valence-corrected chi connectivity index (χ4v) is 3.42. The van der Waals surface area contributed by atoms with Gasteiger partial charge in [-0.25, -0.2) is 0 Å². The minimum absolute atomic E-state index is 0.0356. The third-order valence-electron chi connectivity index (χ3n) is 4.33. The molecule has 0 aromatic heterocycles. The van der Waals surface area contributed by atoms with Gasteiger partial charge in [0.15, 0.2) is 6.10 Å². The molecule has 24 heavy (non-hydrogen) atoms. The monoisotopic (exact) mass is 373 g/mol. The summed E-state index contributed by atoms with van der Waals surface area (Å²) in [5, 5.41) is 12.9. The van der Waals surface area contributed by atoms with E-state index in [0.29, 0.717) is 28.8 Å². The van der Waals surface area contributed by atoms with Crippen LogP contribution in [0.4, 0.5) is 0 Å². The van der Waals surface area contributed by atoms with Crippen molar-refractivity contribution in [2.75, 3.05) is 6.54 Å². The van der Waals surface area contributed by atoms with Crippen LogP contribution in [0.3, 0.4) is 0 Å². The number of hydrogen-bond acceptors (Lipinski definition) is 3. The molecule has 0 spiro atoms. The van der Waals surface area contributed by atoms with E-state index in [4.69, 9.17) is 27.9 Å². The molecule has 1 aliphatic carbocycles. The smallest absolute Gasteiger partial charge is 0.306 e.